The molecule has 0 saturated heterocycles. The topological polar surface area (TPSA) is 231 Å². The van der Waals surface area contributed by atoms with Crippen molar-refractivity contribution in [1.82, 2.24) is 0 Å². The largest absolute Gasteiger partial charge is 0.472 e. The van der Waals surface area contributed by atoms with Crippen LogP contribution in [0.4, 0.5) is 0 Å². The second-order valence-electron chi connectivity index (χ2n) is 24.0. The quantitative estimate of drug-likeness (QED) is 0.0146. The highest BCUT2D eigenvalue weighted by molar-refractivity contribution is 7.47. The van der Waals surface area contributed by atoms with Gasteiger partial charge in [-0.2, -0.15) is 0 Å². The van der Waals surface area contributed by atoms with Gasteiger partial charge < -0.3 is 34.2 Å². The summed E-state index contributed by atoms with van der Waals surface area (Å²) in [4.78, 5) is 58.4. The van der Waals surface area contributed by atoms with E-state index in [1.165, 1.54) is 109 Å². The lowest BCUT2D eigenvalue weighted by Gasteiger charge is -2.21. The number of aliphatic hydroxyl groups excluding tert-OH is 2. The highest BCUT2D eigenvalue weighted by Gasteiger charge is 2.29. The van der Waals surface area contributed by atoms with E-state index in [2.05, 4.69) is 106 Å². The number of rotatable bonds is 68. The van der Waals surface area contributed by atoms with Gasteiger partial charge in [-0.1, -0.05) is 273 Å². The average Bonchev–Trinajstić information content (AvgIpc) is 3.08. The molecule has 91 heavy (non-hydrogen) atoms. The third-order valence-electron chi connectivity index (χ3n) is 15.1. The van der Waals surface area contributed by atoms with Gasteiger partial charge in [0, 0.05) is 19.3 Å². The molecule has 0 aromatic carbocycles. The molecule has 0 aliphatic carbocycles. The van der Waals surface area contributed by atoms with Crippen LogP contribution in [-0.2, 0) is 55.8 Å². The Morgan fingerprint density at radius 2 is 0.582 bits per heavy atom. The van der Waals surface area contributed by atoms with Crippen LogP contribution < -0.4 is 0 Å². The highest BCUT2D eigenvalue weighted by Crippen LogP contribution is 2.45. The number of hydrogen-bond donors (Lipinski definition) is 4. The van der Waals surface area contributed by atoms with Crippen LogP contribution in [0, 0.1) is 0 Å². The first kappa shape index (κ1) is 87.7. The van der Waals surface area contributed by atoms with Gasteiger partial charge in [-0.15, -0.1) is 0 Å². The fourth-order valence-electron chi connectivity index (χ4n) is 9.63. The third-order valence-corrected chi connectivity index (χ3v) is 17.0. The van der Waals surface area contributed by atoms with E-state index in [-0.39, 0.29) is 19.3 Å². The number of hydrogen-bond acceptors (Lipinski definition) is 14. The number of phosphoric acid groups is 2. The van der Waals surface area contributed by atoms with Crippen LogP contribution in [0.2, 0.25) is 0 Å². The second-order valence-corrected chi connectivity index (χ2v) is 26.9. The summed E-state index contributed by atoms with van der Waals surface area (Å²) in [5, 5.41) is 20.6. The zero-order valence-corrected chi connectivity index (χ0v) is 59.0. The van der Waals surface area contributed by atoms with Gasteiger partial charge in [-0.3, -0.25) is 32.5 Å². The molecule has 0 heterocycles. The standard InChI is InChI=1S/C73H130O16P2/c1-4-7-10-13-16-19-22-25-28-29-30-31-32-33-34-35-36-37-40-42-44-47-50-53-56-59-71(76)83-62-68(74)63-85-90(79,80)86-64-69(75)65-87-91(81,82)88-67-70(89-73(78)61-58-55-52-49-46-43-39-27-24-21-18-15-12-9-6-3)66-84-72(77)60-57-54-51-48-45-41-38-26-23-20-17-14-11-8-5-2/h7,10,16-17,19-20,25-26,28,30-31,33-34,38,68-70,74-75H,4-6,8-9,11-15,18,21-24,27,29,32,35-37,39-67H2,1-3H3,(H,79,80)(H,81,82)/b10-7-,19-16-,20-17-,28-25-,31-30-,34-33-,38-26-. The second kappa shape index (κ2) is 66.7. The summed E-state index contributed by atoms with van der Waals surface area (Å²) >= 11 is 0. The van der Waals surface area contributed by atoms with Gasteiger partial charge in [0.2, 0.25) is 0 Å². The smallest absolute Gasteiger partial charge is 0.463 e. The molecule has 0 aromatic rings. The Morgan fingerprint density at radius 3 is 0.945 bits per heavy atom. The molecule has 0 aliphatic rings. The lowest BCUT2D eigenvalue weighted by molar-refractivity contribution is -0.161. The molecule has 0 fully saturated rings. The molecule has 0 saturated carbocycles. The van der Waals surface area contributed by atoms with E-state index < -0.39 is 91.5 Å². The molecular formula is C73H130O16P2. The number of unbranched alkanes of at least 4 members (excludes halogenated alkanes) is 31. The van der Waals surface area contributed by atoms with Crippen molar-refractivity contribution in [2.75, 3.05) is 39.6 Å². The number of carbonyl (C=O) groups excluding carboxylic acids is 3. The summed E-state index contributed by atoms with van der Waals surface area (Å²) in [5.41, 5.74) is 0. The predicted octanol–water partition coefficient (Wildman–Crippen LogP) is 20.1. The van der Waals surface area contributed by atoms with Crippen molar-refractivity contribution in [2.45, 2.75) is 322 Å². The molecule has 0 aliphatic heterocycles. The molecule has 0 bridgehead atoms. The monoisotopic (exact) mass is 1320 g/mol. The van der Waals surface area contributed by atoms with Gasteiger partial charge in [0.15, 0.2) is 6.10 Å². The molecule has 18 heteroatoms. The Hall–Kier alpha value is -3.27. The van der Waals surface area contributed by atoms with E-state index in [9.17, 15) is 43.5 Å². The number of ether oxygens (including phenoxy) is 3. The Balaban J connectivity index is 4.55. The maximum Gasteiger partial charge on any atom is 0.472 e. The predicted molar refractivity (Wildman–Crippen MR) is 371 cm³/mol. The number of esters is 3. The minimum absolute atomic E-state index is 0.106. The van der Waals surface area contributed by atoms with E-state index in [1.54, 1.807) is 0 Å². The van der Waals surface area contributed by atoms with E-state index in [0.717, 1.165) is 135 Å². The van der Waals surface area contributed by atoms with Crippen LogP contribution >= 0.6 is 15.6 Å². The van der Waals surface area contributed by atoms with Crippen molar-refractivity contribution in [2.24, 2.45) is 0 Å². The lowest BCUT2D eigenvalue weighted by Crippen LogP contribution is -2.30. The highest BCUT2D eigenvalue weighted by atomic mass is 31.2. The summed E-state index contributed by atoms with van der Waals surface area (Å²) in [5.74, 6) is -1.58. The maximum atomic E-state index is 12.9. The van der Waals surface area contributed by atoms with Gasteiger partial charge in [0.05, 0.1) is 26.4 Å². The molecule has 16 nitrogen and oxygen atoms in total. The van der Waals surface area contributed by atoms with Crippen molar-refractivity contribution in [3.05, 3.63) is 85.1 Å². The molecule has 0 amide bonds. The molecule has 0 spiro atoms. The molecule has 5 unspecified atom stereocenters. The van der Waals surface area contributed by atoms with Gasteiger partial charge in [-0.25, -0.2) is 9.13 Å². The van der Waals surface area contributed by atoms with Gasteiger partial charge >= 0.3 is 33.6 Å². The molecule has 0 radical (unpaired) electrons. The van der Waals surface area contributed by atoms with Crippen LogP contribution in [0.15, 0.2) is 85.1 Å². The molecule has 528 valence electrons. The Morgan fingerprint density at radius 1 is 0.319 bits per heavy atom. The Kier molecular flexibility index (Phi) is 64.3. The molecule has 0 rings (SSSR count). The zero-order valence-electron chi connectivity index (χ0n) is 57.3. The number of aliphatic hydroxyl groups is 2. The third kappa shape index (κ3) is 67.9. The summed E-state index contributed by atoms with van der Waals surface area (Å²) in [6.07, 6.45) is 72.0. The summed E-state index contributed by atoms with van der Waals surface area (Å²) in [7, 11) is -9.77. The van der Waals surface area contributed by atoms with Gasteiger partial charge in [0.1, 0.15) is 25.4 Å². The van der Waals surface area contributed by atoms with Crippen molar-refractivity contribution >= 4 is 33.6 Å². The SMILES string of the molecule is CC/C=C\C/C=C\C/C=C\C/C=C\C/C=C\CCCCCCCCCCCC(=O)OCC(O)COP(=O)(O)OCC(O)COP(=O)(O)OCC(COC(=O)CCCCCCC/C=C\C/C=C\CCCCC)OC(=O)CCCCCCCCCCCCCCCCC. The van der Waals surface area contributed by atoms with E-state index in [1.807, 2.05) is 0 Å². The van der Waals surface area contributed by atoms with Gasteiger partial charge in [0.25, 0.3) is 0 Å². The minimum atomic E-state index is -4.92. The minimum Gasteiger partial charge on any atom is -0.463 e. The first-order valence-corrected chi connectivity index (χ1v) is 38.9. The summed E-state index contributed by atoms with van der Waals surface area (Å²) in [6, 6.07) is 0. The molecule has 4 N–H and O–H groups in total. The first-order chi connectivity index (χ1) is 44.2. The van der Waals surface area contributed by atoms with E-state index >= 15 is 0 Å². The Labute approximate surface area is 553 Å². The number of phosphoric ester groups is 2. The van der Waals surface area contributed by atoms with Crippen molar-refractivity contribution in [3.8, 4) is 0 Å². The van der Waals surface area contributed by atoms with Crippen molar-refractivity contribution in [3.63, 3.8) is 0 Å². The average molecular weight is 1330 g/mol. The lowest BCUT2D eigenvalue weighted by atomic mass is 10.0. The normalized spacial score (nSPS) is 14.7. The van der Waals surface area contributed by atoms with Crippen LogP contribution in [0.1, 0.15) is 303 Å². The van der Waals surface area contributed by atoms with Crippen LogP contribution in [0.5, 0.6) is 0 Å². The fourth-order valence-corrected chi connectivity index (χ4v) is 11.2. The first-order valence-electron chi connectivity index (χ1n) is 35.9. The molecular weight excluding hydrogens is 1190 g/mol. The summed E-state index contributed by atoms with van der Waals surface area (Å²) in [6.45, 7) is 2.54. The maximum absolute atomic E-state index is 12.9. The van der Waals surface area contributed by atoms with E-state index in [0.29, 0.717) is 19.3 Å². The van der Waals surface area contributed by atoms with Gasteiger partial charge in [-0.05, 0) is 96.3 Å². The zero-order chi connectivity index (χ0) is 66.7. The van der Waals surface area contributed by atoms with Crippen LogP contribution in [-0.4, -0.2) is 95.9 Å². The van der Waals surface area contributed by atoms with E-state index in [4.69, 9.17) is 32.3 Å². The number of carbonyl (C=O) groups is 3. The van der Waals surface area contributed by atoms with Crippen molar-refractivity contribution in [1.29, 1.82) is 0 Å². The number of allylic oxidation sites excluding steroid dienone is 14. The van der Waals surface area contributed by atoms with Crippen molar-refractivity contribution < 1.29 is 75.8 Å². The molecule has 5 atom stereocenters. The molecule has 0 aromatic heterocycles. The fraction of sp³-hybridized carbons (Fsp3) is 0.767. The van der Waals surface area contributed by atoms with Crippen LogP contribution in [0.25, 0.3) is 0 Å². The van der Waals surface area contributed by atoms with Crippen LogP contribution in [0.3, 0.4) is 0 Å². The summed E-state index contributed by atoms with van der Waals surface area (Å²) < 4.78 is 60.9. The Bertz CT molecular complexity index is 2000.